The Morgan fingerprint density at radius 3 is 3.25 bits per heavy atom. The average Bonchev–Trinajstić information content (AvgIpc) is 1.79. The van der Waals surface area contributed by atoms with Crippen molar-refractivity contribution in [3.8, 4) is 11.8 Å². The smallest absolute Gasteiger partial charge is 0.384 e. The minimum Gasteiger partial charge on any atom is -0.459 e. The van der Waals surface area contributed by atoms with E-state index in [4.69, 9.17) is 4.11 Å². The molecule has 0 rings (SSSR count). The van der Waals surface area contributed by atoms with E-state index < -0.39 is 13.0 Å². The topological polar surface area (TPSA) is 26.3 Å². The van der Waals surface area contributed by atoms with Gasteiger partial charge in [0.1, 0.15) is 0 Å². The SMILES string of the molecule is [2H]C([2H])([2H])OC(=O)C#CCC. The molecule has 0 radical (unpaired) electrons. The Kier molecular flexibility index (Phi) is 1.64. The van der Waals surface area contributed by atoms with E-state index in [0.29, 0.717) is 6.42 Å². The first-order valence-corrected chi connectivity index (χ1v) is 2.17. The third-order valence-corrected chi connectivity index (χ3v) is 0.460. The Bertz CT molecular complexity index is 196. The van der Waals surface area contributed by atoms with Crippen LogP contribution in [0.4, 0.5) is 0 Å². The lowest BCUT2D eigenvalue weighted by atomic mass is 10.5. The number of hydrogen-bond acceptors (Lipinski definition) is 2. The van der Waals surface area contributed by atoms with Crippen molar-refractivity contribution < 1.29 is 13.6 Å². The first-order chi connectivity index (χ1) is 4.95. The van der Waals surface area contributed by atoms with E-state index >= 15 is 0 Å². The second kappa shape index (κ2) is 4.20. The third kappa shape index (κ3) is 3.23. The maximum absolute atomic E-state index is 10.5. The molecule has 0 amide bonds. The summed E-state index contributed by atoms with van der Waals surface area (Å²) in [5, 5.41) is 0. The summed E-state index contributed by atoms with van der Waals surface area (Å²) in [5.41, 5.74) is 0. The van der Waals surface area contributed by atoms with Crippen LogP contribution in [0.5, 0.6) is 0 Å². The highest BCUT2D eigenvalue weighted by Crippen LogP contribution is 1.70. The Balaban J connectivity index is 3.89. The van der Waals surface area contributed by atoms with Gasteiger partial charge in [-0.15, -0.1) is 0 Å². The molecule has 0 heterocycles. The maximum Gasteiger partial charge on any atom is 0.384 e. The summed E-state index contributed by atoms with van der Waals surface area (Å²) in [6, 6.07) is 0. The van der Waals surface area contributed by atoms with Gasteiger partial charge in [0.15, 0.2) is 0 Å². The molecule has 0 aliphatic rings. The Hall–Kier alpha value is -0.970. The van der Waals surface area contributed by atoms with Crippen LogP contribution < -0.4 is 0 Å². The van der Waals surface area contributed by atoms with Crippen LogP contribution in [-0.4, -0.2) is 13.0 Å². The zero-order chi connectivity index (χ0) is 8.91. The molecule has 0 aromatic heterocycles. The van der Waals surface area contributed by atoms with Crippen molar-refractivity contribution in [1.29, 1.82) is 0 Å². The molecule has 0 saturated heterocycles. The molecule has 0 bridgehead atoms. The average molecular weight is 115 g/mol. The number of carbonyl (C=O) groups is 1. The number of carbonyl (C=O) groups excluding carboxylic acids is 1. The van der Waals surface area contributed by atoms with E-state index in [0.717, 1.165) is 0 Å². The van der Waals surface area contributed by atoms with Crippen LogP contribution >= 0.6 is 0 Å². The molecule has 0 spiro atoms. The summed E-state index contributed by atoms with van der Waals surface area (Å²) >= 11 is 0. The quantitative estimate of drug-likeness (QED) is 0.262. The molecule has 0 unspecified atom stereocenters. The number of esters is 1. The van der Waals surface area contributed by atoms with Crippen molar-refractivity contribution in [1.82, 2.24) is 0 Å². The lowest BCUT2D eigenvalue weighted by molar-refractivity contribution is -0.133. The molecule has 8 heavy (non-hydrogen) atoms. The molecule has 0 aromatic carbocycles. The van der Waals surface area contributed by atoms with Crippen LogP contribution in [0, 0.1) is 11.8 Å². The lowest BCUT2D eigenvalue weighted by Gasteiger charge is -1.82. The van der Waals surface area contributed by atoms with Crippen LogP contribution in [0.15, 0.2) is 0 Å². The van der Waals surface area contributed by atoms with Gasteiger partial charge >= 0.3 is 5.97 Å². The van der Waals surface area contributed by atoms with Gasteiger partial charge in [0, 0.05) is 12.3 Å². The number of methoxy groups -OCH3 is 1. The van der Waals surface area contributed by atoms with Crippen molar-refractivity contribution in [3.63, 3.8) is 0 Å². The Labute approximate surface area is 53.1 Å². The molecule has 2 heteroatoms. The van der Waals surface area contributed by atoms with Crippen LogP contribution in [0.25, 0.3) is 0 Å². The van der Waals surface area contributed by atoms with Gasteiger partial charge in [0.05, 0.1) is 11.2 Å². The first kappa shape index (κ1) is 3.13. The van der Waals surface area contributed by atoms with Gasteiger partial charge in [-0.1, -0.05) is 12.8 Å². The first-order valence-electron chi connectivity index (χ1n) is 3.67. The molecule has 0 aromatic rings. The van der Waals surface area contributed by atoms with Crippen molar-refractivity contribution in [3.05, 3.63) is 0 Å². The van der Waals surface area contributed by atoms with Crippen molar-refractivity contribution in [2.24, 2.45) is 0 Å². The molecule has 0 N–H and O–H groups in total. The van der Waals surface area contributed by atoms with Crippen LogP contribution in [0.1, 0.15) is 17.5 Å². The van der Waals surface area contributed by atoms with Crippen LogP contribution in [0.3, 0.4) is 0 Å². The number of hydrogen-bond donors (Lipinski definition) is 0. The summed E-state index contributed by atoms with van der Waals surface area (Å²) in [7, 11) is -2.68. The standard InChI is InChI=1S/C6H8O2/c1-3-4-5-6(7)8-2/h3H2,1-2H3/i2D3. The van der Waals surface area contributed by atoms with E-state index in [1.54, 1.807) is 6.92 Å². The minimum atomic E-state index is -2.68. The second-order valence-corrected chi connectivity index (χ2v) is 1.04. The van der Waals surface area contributed by atoms with E-state index in [-0.39, 0.29) is 0 Å². The monoisotopic (exact) mass is 115 g/mol. The fourth-order valence-electron chi connectivity index (χ4n) is 0.186. The van der Waals surface area contributed by atoms with Gasteiger partial charge in [-0.2, -0.15) is 0 Å². The largest absolute Gasteiger partial charge is 0.459 e. The molecule has 0 aliphatic carbocycles. The molecule has 0 aliphatic heterocycles. The fraction of sp³-hybridized carbons (Fsp3) is 0.500. The van der Waals surface area contributed by atoms with E-state index in [1.165, 1.54) is 0 Å². The van der Waals surface area contributed by atoms with E-state index in [2.05, 4.69) is 10.7 Å². The predicted octanol–water partition coefficient (Wildman–Crippen LogP) is 0.573. The Morgan fingerprint density at radius 1 is 2.00 bits per heavy atom. The third-order valence-electron chi connectivity index (χ3n) is 0.460. The highest BCUT2D eigenvalue weighted by atomic mass is 16.5. The summed E-state index contributed by atoms with van der Waals surface area (Å²) in [6.45, 7) is 1.75. The van der Waals surface area contributed by atoms with Gasteiger partial charge < -0.3 is 4.74 Å². The van der Waals surface area contributed by atoms with Gasteiger partial charge in [0.25, 0.3) is 0 Å². The molecule has 0 saturated carbocycles. The number of ether oxygens (including phenoxy) is 1. The van der Waals surface area contributed by atoms with Crippen LogP contribution in [-0.2, 0) is 9.53 Å². The summed E-state index contributed by atoms with van der Waals surface area (Å²) in [6.07, 6.45) is 0.496. The van der Waals surface area contributed by atoms with Crippen molar-refractivity contribution in [2.45, 2.75) is 13.3 Å². The van der Waals surface area contributed by atoms with E-state index in [9.17, 15) is 4.79 Å². The predicted molar refractivity (Wildman–Crippen MR) is 30.1 cm³/mol. The molecule has 0 atom stereocenters. The molecule has 2 nitrogen and oxygen atoms in total. The molecular weight excluding hydrogens is 104 g/mol. The normalized spacial score (nSPS) is 13.9. The highest BCUT2D eigenvalue weighted by molar-refractivity contribution is 5.88. The molecular formula is C6H8O2. The Morgan fingerprint density at radius 2 is 2.75 bits per heavy atom. The van der Waals surface area contributed by atoms with Crippen molar-refractivity contribution in [2.75, 3.05) is 7.04 Å². The summed E-state index contributed by atoms with van der Waals surface area (Å²) < 4.78 is 23.5. The van der Waals surface area contributed by atoms with Crippen molar-refractivity contribution >= 4 is 5.97 Å². The molecule has 44 valence electrons. The maximum atomic E-state index is 10.5. The number of rotatable bonds is 0. The lowest BCUT2D eigenvalue weighted by Crippen LogP contribution is -1.93. The highest BCUT2D eigenvalue weighted by Gasteiger charge is 1.85. The molecule has 0 fully saturated rings. The van der Waals surface area contributed by atoms with Crippen LogP contribution in [0.2, 0.25) is 0 Å². The zero-order valence-corrected chi connectivity index (χ0v) is 4.52. The van der Waals surface area contributed by atoms with Gasteiger partial charge in [-0.3, -0.25) is 0 Å². The summed E-state index contributed by atoms with van der Waals surface area (Å²) in [4.78, 5) is 10.5. The second-order valence-electron chi connectivity index (χ2n) is 1.04. The van der Waals surface area contributed by atoms with Gasteiger partial charge in [-0.05, 0) is 0 Å². The summed E-state index contributed by atoms with van der Waals surface area (Å²) in [5.74, 6) is 3.41. The fourth-order valence-corrected chi connectivity index (χ4v) is 0.186. The van der Waals surface area contributed by atoms with Gasteiger partial charge in [0.2, 0.25) is 0 Å². The minimum absolute atomic E-state index is 0.496. The zero-order valence-electron chi connectivity index (χ0n) is 7.52. The van der Waals surface area contributed by atoms with E-state index in [1.807, 2.05) is 5.92 Å². The van der Waals surface area contributed by atoms with Gasteiger partial charge in [-0.25, -0.2) is 4.79 Å².